The van der Waals surface area contributed by atoms with Crippen molar-refractivity contribution in [2.45, 2.75) is 56.9 Å². The van der Waals surface area contributed by atoms with Crippen LogP contribution in [0, 0.1) is 5.92 Å². The van der Waals surface area contributed by atoms with Gasteiger partial charge in [-0.15, -0.1) is 0 Å². The third kappa shape index (κ3) is 3.82. The van der Waals surface area contributed by atoms with Gasteiger partial charge in [0.05, 0.1) is 32.5 Å². The van der Waals surface area contributed by atoms with E-state index in [0.717, 1.165) is 10.9 Å². The third-order valence-corrected chi connectivity index (χ3v) is 6.14. The predicted molar refractivity (Wildman–Crippen MR) is 109 cm³/mol. The number of esters is 1. The fourth-order valence-corrected chi connectivity index (χ4v) is 4.48. The van der Waals surface area contributed by atoms with Gasteiger partial charge in [0.1, 0.15) is 24.4 Å². The summed E-state index contributed by atoms with van der Waals surface area (Å²) >= 11 is 0. The Morgan fingerprint density at radius 1 is 1.16 bits per heavy atom. The summed E-state index contributed by atoms with van der Waals surface area (Å²) < 4.78 is 27.9. The van der Waals surface area contributed by atoms with Gasteiger partial charge in [0.2, 0.25) is 12.0 Å². The SMILES string of the molecule is CCOC(=O)[C@H]1CCc2c(c(O[C@H]3O[C@H](CO)[C@@H](O)[C@H](O)[C@H]3O)c(OC)c3occc23)C1. The summed E-state index contributed by atoms with van der Waals surface area (Å²) in [7, 11) is 1.44. The minimum atomic E-state index is -1.59. The van der Waals surface area contributed by atoms with Crippen molar-refractivity contribution in [3.05, 3.63) is 23.5 Å². The molecule has 176 valence electrons. The van der Waals surface area contributed by atoms with Gasteiger partial charge in [-0.2, -0.15) is 0 Å². The Morgan fingerprint density at radius 2 is 1.94 bits per heavy atom. The van der Waals surface area contributed by atoms with Crippen LogP contribution in [0.2, 0.25) is 0 Å². The fourth-order valence-electron chi connectivity index (χ4n) is 4.48. The summed E-state index contributed by atoms with van der Waals surface area (Å²) in [5.41, 5.74) is 2.06. The number of aryl methyl sites for hydroxylation is 1. The zero-order valence-corrected chi connectivity index (χ0v) is 17.9. The van der Waals surface area contributed by atoms with E-state index in [1.165, 1.54) is 13.4 Å². The Labute approximate surface area is 184 Å². The minimum Gasteiger partial charge on any atom is -0.490 e. The molecular formula is C22H28O10. The maximum absolute atomic E-state index is 12.4. The number of rotatable bonds is 6. The van der Waals surface area contributed by atoms with Crippen LogP contribution in [0.15, 0.2) is 16.7 Å². The van der Waals surface area contributed by atoms with Gasteiger partial charge in [-0.05, 0) is 37.8 Å². The molecule has 10 nitrogen and oxygen atoms in total. The normalized spacial score (nSPS) is 30.1. The average Bonchev–Trinajstić information content (AvgIpc) is 3.29. The Morgan fingerprint density at radius 3 is 2.62 bits per heavy atom. The third-order valence-electron chi connectivity index (χ3n) is 6.14. The first kappa shape index (κ1) is 22.8. The van der Waals surface area contributed by atoms with Crippen molar-refractivity contribution in [2.75, 3.05) is 20.3 Å². The van der Waals surface area contributed by atoms with Crippen LogP contribution >= 0.6 is 0 Å². The van der Waals surface area contributed by atoms with E-state index in [1.807, 2.05) is 6.07 Å². The zero-order chi connectivity index (χ0) is 23.0. The molecule has 0 radical (unpaired) electrons. The van der Waals surface area contributed by atoms with E-state index in [0.29, 0.717) is 30.4 Å². The molecule has 2 heterocycles. The second-order valence-corrected chi connectivity index (χ2v) is 7.99. The van der Waals surface area contributed by atoms with Crippen molar-refractivity contribution in [1.82, 2.24) is 0 Å². The Balaban J connectivity index is 1.77. The molecule has 0 amide bonds. The summed E-state index contributed by atoms with van der Waals surface area (Å²) in [6.45, 7) is 1.45. The van der Waals surface area contributed by atoms with Crippen LogP contribution in [0.25, 0.3) is 11.0 Å². The lowest BCUT2D eigenvalue weighted by molar-refractivity contribution is -0.277. The fraction of sp³-hybridized carbons (Fsp3) is 0.591. The lowest BCUT2D eigenvalue weighted by Crippen LogP contribution is -2.60. The molecule has 1 aliphatic heterocycles. The number of carbonyl (C=O) groups is 1. The first-order valence-corrected chi connectivity index (χ1v) is 10.6. The van der Waals surface area contributed by atoms with Gasteiger partial charge in [-0.25, -0.2) is 0 Å². The number of hydrogen-bond donors (Lipinski definition) is 4. The van der Waals surface area contributed by atoms with E-state index in [2.05, 4.69) is 0 Å². The van der Waals surface area contributed by atoms with Gasteiger partial charge in [0.25, 0.3) is 0 Å². The first-order valence-electron chi connectivity index (χ1n) is 10.6. The van der Waals surface area contributed by atoms with Crippen LogP contribution in [-0.2, 0) is 27.1 Å². The average molecular weight is 452 g/mol. The van der Waals surface area contributed by atoms with Crippen LogP contribution < -0.4 is 9.47 Å². The van der Waals surface area contributed by atoms with Crippen molar-refractivity contribution >= 4 is 16.9 Å². The molecule has 0 saturated carbocycles. The molecule has 1 aromatic carbocycles. The number of aliphatic hydroxyl groups excluding tert-OH is 4. The largest absolute Gasteiger partial charge is 0.490 e. The maximum Gasteiger partial charge on any atom is 0.309 e. The number of ether oxygens (including phenoxy) is 4. The van der Waals surface area contributed by atoms with Crippen molar-refractivity contribution < 1.29 is 48.6 Å². The number of carbonyl (C=O) groups excluding carboxylic acids is 1. The molecule has 32 heavy (non-hydrogen) atoms. The smallest absolute Gasteiger partial charge is 0.309 e. The highest BCUT2D eigenvalue weighted by Crippen LogP contribution is 2.47. The highest BCUT2D eigenvalue weighted by Gasteiger charge is 2.45. The molecule has 2 aliphatic rings. The quantitative estimate of drug-likeness (QED) is 0.451. The molecule has 1 fully saturated rings. The van der Waals surface area contributed by atoms with Crippen molar-refractivity contribution in [2.24, 2.45) is 5.92 Å². The van der Waals surface area contributed by atoms with Crippen LogP contribution in [0.3, 0.4) is 0 Å². The Hall–Kier alpha value is -2.37. The van der Waals surface area contributed by atoms with E-state index in [9.17, 15) is 25.2 Å². The number of methoxy groups -OCH3 is 1. The number of hydrogen-bond acceptors (Lipinski definition) is 10. The van der Waals surface area contributed by atoms with Crippen molar-refractivity contribution in [1.29, 1.82) is 0 Å². The summed E-state index contributed by atoms with van der Waals surface area (Å²) in [5.74, 6) is -0.217. The highest BCUT2D eigenvalue weighted by molar-refractivity contribution is 5.91. The number of fused-ring (bicyclic) bond motifs is 3. The summed E-state index contributed by atoms with van der Waals surface area (Å²) in [6.07, 6.45) is -4.20. The van der Waals surface area contributed by atoms with E-state index < -0.39 is 37.3 Å². The Bertz CT molecular complexity index is 967. The molecule has 6 atom stereocenters. The van der Waals surface area contributed by atoms with Gasteiger partial charge < -0.3 is 43.8 Å². The molecule has 10 heteroatoms. The summed E-state index contributed by atoms with van der Waals surface area (Å²) in [5, 5.41) is 41.0. The topological polar surface area (TPSA) is 148 Å². The monoisotopic (exact) mass is 452 g/mol. The molecule has 2 aromatic rings. The second kappa shape index (κ2) is 9.24. The second-order valence-electron chi connectivity index (χ2n) is 7.99. The van der Waals surface area contributed by atoms with Gasteiger partial charge in [0.15, 0.2) is 11.3 Å². The lowest BCUT2D eigenvalue weighted by atomic mass is 9.81. The van der Waals surface area contributed by atoms with E-state index in [1.54, 1.807) is 6.92 Å². The van der Waals surface area contributed by atoms with Gasteiger partial charge >= 0.3 is 5.97 Å². The molecule has 1 aromatic heterocycles. The molecule has 4 N–H and O–H groups in total. The lowest BCUT2D eigenvalue weighted by Gasteiger charge is -2.40. The van der Waals surface area contributed by atoms with E-state index in [4.69, 9.17) is 23.4 Å². The zero-order valence-electron chi connectivity index (χ0n) is 17.9. The minimum absolute atomic E-state index is 0.211. The predicted octanol–water partition coefficient (Wildman–Crippen LogP) is 0.288. The van der Waals surface area contributed by atoms with Gasteiger partial charge in [0, 0.05) is 10.9 Å². The van der Waals surface area contributed by atoms with Gasteiger partial charge in [-0.1, -0.05) is 0 Å². The number of benzene rings is 1. The Kier molecular flexibility index (Phi) is 6.59. The molecule has 0 unspecified atom stereocenters. The standard InChI is InChI=1S/C22H28O10/c1-3-29-21(27)10-4-5-11-12-6-7-30-18(12)20(28-2)19(13(11)8-10)32-22-17(26)16(25)15(24)14(9-23)31-22/h6-7,10,14-17,22-26H,3-5,8-9H2,1-2H3/t10-,14+,15+,16-,17+,22+/m0/s1. The number of aliphatic hydroxyl groups is 4. The van der Waals surface area contributed by atoms with Crippen LogP contribution in [0.1, 0.15) is 24.5 Å². The van der Waals surface area contributed by atoms with Gasteiger partial charge in [-0.3, -0.25) is 4.79 Å². The molecule has 0 bridgehead atoms. The molecule has 1 aliphatic carbocycles. The first-order chi connectivity index (χ1) is 15.4. The summed E-state index contributed by atoms with van der Waals surface area (Å²) in [4.78, 5) is 12.4. The van der Waals surface area contributed by atoms with Crippen molar-refractivity contribution in [3.63, 3.8) is 0 Å². The summed E-state index contributed by atoms with van der Waals surface area (Å²) in [6, 6.07) is 1.82. The molecule has 1 saturated heterocycles. The highest BCUT2D eigenvalue weighted by atomic mass is 16.7. The van der Waals surface area contributed by atoms with E-state index >= 15 is 0 Å². The van der Waals surface area contributed by atoms with Crippen LogP contribution in [0.4, 0.5) is 0 Å². The maximum atomic E-state index is 12.4. The van der Waals surface area contributed by atoms with Crippen LogP contribution in [-0.4, -0.2) is 77.4 Å². The molecule has 4 rings (SSSR count). The van der Waals surface area contributed by atoms with Crippen molar-refractivity contribution in [3.8, 4) is 11.5 Å². The number of furan rings is 1. The van der Waals surface area contributed by atoms with Crippen LogP contribution in [0.5, 0.6) is 11.5 Å². The molecular weight excluding hydrogens is 424 g/mol. The molecule has 0 spiro atoms. The van der Waals surface area contributed by atoms with E-state index in [-0.39, 0.29) is 30.0 Å².